The molecule has 0 fully saturated rings. The summed E-state index contributed by atoms with van der Waals surface area (Å²) in [6.45, 7) is 2.04. The fourth-order valence-electron chi connectivity index (χ4n) is 1.72. The van der Waals surface area contributed by atoms with E-state index in [1.807, 2.05) is 31.2 Å². The van der Waals surface area contributed by atoms with Crippen molar-refractivity contribution in [2.24, 2.45) is 0 Å². The average molecular weight is 244 g/mol. The summed E-state index contributed by atoms with van der Waals surface area (Å²) in [5.41, 5.74) is 1.62. The molecule has 4 nitrogen and oxygen atoms in total. The van der Waals surface area contributed by atoms with Gasteiger partial charge in [0, 0.05) is 11.6 Å². The van der Waals surface area contributed by atoms with Crippen LogP contribution in [-0.2, 0) is 6.42 Å². The summed E-state index contributed by atoms with van der Waals surface area (Å²) in [6, 6.07) is 10.2. The number of carboxylic acid groups (broad SMARTS) is 1. The van der Waals surface area contributed by atoms with Crippen molar-refractivity contribution in [2.45, 2.75) is 13.3 Å². The molecule has 0 spiro atoms. The van der Waals surface area contributed by atoms with Crippen molar-refractivity contribution in [1.82, 2.24) is 0 Å². The molecule has 1 aromatic heterocycles. The van der Waals surface area contributed by atoms with Crippen LogP contribution in [0.15, 0.2) is 45.6 Å². The van der Waals surface area contributed by atoms with Crippen molar-refractivity contribution in [3.8, 4) is 11.1 Å². The Bertz CT molecular complexity index is 623. The largest absolute Gasteiger partial charge is 0.475 e. The summed E-state index contributed by atoms with van der Waals surface area (Å²) in [6.07, 6.45) is 0.913. The zero-order chi connectivity index (χ0) is 13.1. The van der Waals surface area contributed by atoms with E-state index in [1.165, 1.54) is 12.1 Å². The van der Waals surface area contributed by atoms with E-state index in [4.69, 9.17) is 9.52 Å². The molecule has 92 valence electrons. The van der Waals surface area contributed by atoms with Gasteiger partial charge in [-0.2, -0.15) is 0 Å². The van der Waals surface area contributed by atoms with Gasteiger partial charge in [0.05, 0.1) is 0 Å². The Morgan fingerprint density at radius 2 is 1.83 bits per heavy atom. The van der Waals surface area contributed by atoms with Crippen molar-refractivity contribution in [3.63, 3.8) is 0 Å². The second-order valence-electron chi connectivity index (χ2n) is 3.85. The highest BCUT2D eigenvalue weighted by molar-refractivity contribution is 5.92. The van der Waals surface area contributed by atoms with Gasteiger partial charge in [-0.25, -0.2) is 9.59 Å². The SMILES string of the molecule is CCc1ccc(-c2ccc(=O)oc2C(=O)O)cc1. The van der Waals surface area contributed by atoms with Gasteiger partial charge in [0.2, 0.25) is 5.76 Å². The number of rotatable bonds is 3. The Kier molecular flexibility index (Phi) is 3.28. The van der Waals surface area contributed by atoms with Gasteiger partial charge < -0.3 is 9.52 Å². The molecule has 0 aliphatic rings. The van der Waals surface area contributed by atoms with Crippen molar-refractivity contribution < 1.29 is 14.3 Å². The lowest BCUT2D eigenvalue weighted by Crippen LogP contribution is -2.06. The van der Waals surface area contributed by atoms with Gasteiger partial charge in [-0.05, 0) is 23.6 Å². The van der Waals surface area contributed by atoms with Gasteiger partial charge in [-0.3, -0.25) is 0 Å². The summed E-state index contributed by atoms with van der Waals surface area (Å²) >= 11 is 0. The third kappa shape index (κ3) is 2.32. The zero-order valence-corrected chi connectivity index (χ0v) is 9.84. The molecule has 0 aliphatic carbocycles. The van der Waals surface area contributed by atoms with E-state index in [0.29, 0.717) is 11.1 Å². The second-order valence-corrected chi connectivity index (χ2v) is 3.85. The van der Waals surface area contributed by atoms with Crippen LogP contribution in [-0.4, -0.2) is 11.1 Å². The van der Waals surface area contributed by atoms with Crippen LogP contribution in [0.5, 0.6) is 0 Å². The number of hydrogen-bond donors (Lipinski definition) is 1. The number of benzene rings is 1. The highest BCUT2D eigenvalue weighted by Crippen LogP contribution is 2.23. The maximum Gasteiger partial charge on any atom is 0.372 e. The summed E-state index contributed by atoms with van der Waals surface area (Å²) in [5, 5.41) is 9.02. The molecule has 2 aromatic rings. The van der Waals surface area contributed by atoms with Gasteiger partial charge >= 0.3 is 11.6 Å². The van der Waals surface area contributed by atoms with Gasteiger partial charge in [0.1, 0.15) is 0 Å². The third-order valence-corrected chi connectivity index (χ3v) is 2.70. The lowest BCUT2D eigenvalue weighted by atomic mass is 10.0. The smallest absolute Gasteiger partial charge is 0.372 e. The normalized spacial score (nSPS) is 10.3. The number of hydrogen-bond acceptors (Lipinski definition) is 3. The number of aryl methyl sites for hydroxylation is 1. The van der Waals surface area contributed by atoms with E-state index in [-0.39, 0.29) is 5.76 Å². The monoisotopic (exact) mass is 244 g/mol. The van der Waals surface area contributed by atoms with Gasteiger partial charge in [0.25, 0.3) is 0 Å². The molecule has 1 aromatic carbocycles. The van der Waals surface area contributed by atoms with Crippen molar-refractivity contribution in [3.05, 3.63) is 58.1 Å². The van der Waals surface area contributed by atoms with Crippen LogP contribution >= 0.6 is 0 Å². The maximum atomic E-state index is 11.0. The van der Waals surface area contributed by atoms with Crippen molar-refractivity contribution in [1.29, 1.82) is 0 Å². The second kappa shape index (κ2) is 4.87. The fraction of sp³-hybridized carbons (Fsp3) is 0.143. The van der Waals surface area contributed by atoms with Crippen LogP contribution < -0.4 is 5.63 Å². The molecular weight excluding hydrogens is 232 g/mol. The Morgan fingerprint density at radius 1 is 1.17 bits per heavy atom. The number of carbonyl (C=O) groups is 1. The molecule has 18 heavy (non-hydrogen) atoms. The molecular formula is C14H12O4. The number of aromatic carboxylic acids is 1. The first-order valence-electron chi connectivity index (χ1n) is 5.58. The molecule has 0 bridgehead atoms. The van der Waals surface area contributed by atoms with E-state index >= 15 is 0 Å². The third-order valence-electron chi connectivity index (χ3n) is 2.70. The van der Waals surface area contributed by atoms with E-state index in [0.717, 1.165) is 12.0 Å². The van der Waals surface area contributed by atoms with E-state index in [2.05, 4.69) is 0 Å². The lowest BCUT2D eigenvalue weighted by molar-refractivity contribution is 0.0658. The average Bonchev–Trinajstić information content (AvgIpc) is 2.39. The Balaban J connectivity index is 2.55. The molecule has 4 heteroatoms. The minimum absolute atomic E-state index is 0.327. The van der Waals surface area contributed by atoms with E-state index in [1.54, 1.807) is 0 Å². The van der Waals surface area contributed by atoms with Crippen LogP contribution in [0.3, 0.4) is 0 Å². The molecule has 0 saturated heterocycles. The van der Waals surface area contributed by atoms with E-state index in [9.17, 15) is 9.59 Å². The Hall–Kier alpha value is -2.36. The van der Waals surface area contributed by atoms with Gasteiger partial charge in [-0.1, -0.05) is 31.2 Å². The first-order chi connectivity index (χ1) is 8.61. The van der Waals surface area contributed by atoms with Crippen molar-refractivity contribution in [2.75, 3.05) is 0 Å². The highest BCUT2D eigenvalue weighted by Gasteiger charge is 2.15. The molecule has 1 N–H and O–H groups in total. The maximum absolute atomic E-state index is 11.0. The summed E-state index contributed by atoms with van der Waals surface area (Å²) < 4.78 is 4.73. The summed E-state index contributed by atoms with van der Waals surface area (Å²) in [5.74, 6) is -1.57. The molecule has 1 heterocycles. The topological polar surface area (TPSA) is 67.5 Å². The van der Waals surface area contributed by atoms with Crippen LogP contribution in [0, 0.1) is 0 Å². The predicted molar refractivity (Wildman–Crippen MR) is 66.8 cm³/mol. The molecule has 0 saturated carbocycles. The standard InChI is InChI=1S/C14H12O4/c1-2-9-3-5-10(6-4-9)11-7-8-12(15)18-13(11)14(16)17/h3-8H,2H2,1H3,(H,16,17). The van der Waals surface area contributed by atoms with Crippen molar-refractivity contribution >= 4 is 5.97 Å². The Morgan fingerprint density at radius 3 is 2.39 bits per heavy atom. The first-order valence-corrected chi connectivity index (χ1v) is 5.58. The highest BCUT2D eigenvalue weighted by atomic mass is 16.4. The van der Waals surface area contributed by atoms with Crippen LogP contribution in [0.4, 0.5) is 0 Å². The molecule has 0 aliphatic heterocycles. The minimum Gasteiger partial charge on any atom is -0.475 e. The minimum atomic E-state index is -1.25. The lowest BCUT2D eigenvalue weighted by Gasteiger charge is -2.05. The summed E-state index contributed by atoms with van der Waals surface area (Å²) in [4.78, 5) is 22.1. The van der Waals surface area contributed by atoms with Gasteiger partial charge in [0.15, 0.2) is 0 Å². The fourth-order valence-corrected chi connectivity index (χ4v) is 1.72. The molecule has 0 unspecified atom stereocenters. The van der Waals surface area contributed by atoms with Crippen LogP contribution in [0.2, 0.25) is 0 Å². The zero-order valence-electron chi connectivity index (χ0n) is 9.84. The molecule has 0 radical (unpaired) electrons. The molecule has 0 atom stereocenters. The van der Waals surface area contributed by atoms with Crippen LogP contribution in [0.25, 0.3) is 11.1 Å². The Labute approximate surface area is 104 Å². The predicted octanol–water partition coefficient (Wildman–Crippen LogP) is 2.57. The van der Waals surface area contributed by atoms with Crippen LogP contribution in [0.1, 0.15) is 23.0 Å². The molecule has 0 amide bonds. The number of carboxylic acids is 1. The van der Waals surface area contributed by atoms with E-state index < -0.39 is 11.6 Å². The first kappa shape index (κ1) is 12.1. The quantitative estimate of drug-likeness (QED) is 0.901. The summed E-state index contributed by atoms with van der Waals surface area (Å²) in [7, 11) is 0. The van der Waals surface area contributed by atoms with Gasteiger partial charge in [-0.15, -0.1) is 0 Å². The molecule has 2 rings (SSSR count).